The highest BCUT2D eigenvalue weighted by atomic mass is 35.5. The summed E-state index contributed by atoms with van der Waals surface area (Å²) in [5, 5.41) is 0. The lowest BCUT2D eigenvalue weighted by atomic mass is 10.1. The van der Waals surface area contributed by atoms with E-state index < -0.39 is 10.4 Å². The van der Waals surface area contributed by atoms with Crippen LogP contribution < -0.4 is 0 Å². The van der Waals surface area contributed by atoms with E-state index in [0.717, 1.165) is 0 Å². The lowest BCUT2D eigenvalue weighted by Gasteiger charge is -2.20. The summed E-state index contributed by atoms with van der Waals surface area (Å²) < 4.78 is 0. The zero-order valence-corrected chi connectivity index (χ0v) is 7.41. The molecule has 0 aromatic rings. The smallest absolute Gasteiger partial charge is 0.211 e. The number of alkyl halides is 2. The van der Waals surface area contributed by atoms with E-state index in [9.17, 15) is 4.79 Å². The third-order valence-electron chi connectivity index (χ3n) is 1.35. The number of carbonyl (C=O) groups excluding carboxylic acids is 1. The molecule has 2 unspecified atom stereocenters. The molecule has 0 N–H and O–H groups in total. The molecule has 0 aromatic carbocycles. The fraction of sp³-hybridized carbons (Fsp3) is 0.833. The molecule has 0 saturated heterocycles. The van der Waals surface area contributed by atoms with E-state index >= 15 is 0 Å². The van der Waals surface area contributed by atoms with Crippen molar-refractivity contribution in [1.82, 2.24) is 0 Å². The molecule has 0 radical (unpaired) electrons. The summed E-state index contributed by atoms with van der Waals surface area (Å²) in [5.41, 5.74) is -0.684. The minimum atomic E-state index is -0.684. The van der Waals surface area contributed by atoms with Gasteiger partial charge in [0, 0.05) is 0 Å². The molecular formula is C6H9Cl2NO. The molecule has 2 atom stereocenters. The van der Waals surface area contributed by atoms with Gasteiger partial charge in [0.05, 0.1) is 4.87 Å². The van der Waals surface area contributed by atoms with E-state index in [2.05, 4.69) is 4.99 Å². The molecule has 4 heteroatoms. The van der Waals surface area contributed by atoms with Crippen LogP contribution in [-0.2, 0) is 4.79 Å². The monoisotopic (exact) mass is 181 g/mol. The van der Waals surface area contributed by atoms with Crippen LogP contribution in [0.25, 0.3) is 0 Å². The highest BCUT2D eigenvalue weighted by Crippen LogP contribution is 2.27. The minimum Gasteiger partial charge on any atom is -0.211 e. The van der Waals surface area contributed by atoms with E-state index in [1.807, 2.05) is 6.92 Å². The summed E-state index contributed by atoms with van der Waals surface area (Å²) in [4.78, 5) is 12.4. The van der Waals surface area contributed by atoms with Crippen LogP contribution in [0, 0.1) is 0 Å². The number of hydrogen-bond acceptors (Lipinski definition) is 2. The Morgan fingerprint density at radius 2 is 2.30 bits per heavy atom. The Balaban J connectivity index is 4.16. The Morgan fingerprint density at radius 3 is 2.60 bits per heavy atom. The van der Waals surface area contributed by atoms with Crippen LogP contribution in [-0.4, -0.2) is 16.5 Å². The van der Waals surface area contributed by atoms with Crippen LogP contribution >= 0.6 is 23.2 Å². The number of rotatable bonds is 3. The Hall–Kier alpha value is -0.0400. The normalized spacial score (nSPS) is 18.8. The van der Waals surface area contributed by atoms with Crippen LogP contribution in [0.1, 0.15) is 20.3 Å². The van der Waals surface area contributed by atoms with Crippen LogP contribution in [0.4, 0.5) is 0 Å². The average Bonchev–Trinajstić information content (AvgIpc) is 1.89. The quantitative estimate of drug-likeness (QED) is 0.285. The molecule has 0 heterocycles. The first-order valence-electron chi connectivity index (χ1n) is 2.94. The lowest BCUT2D eigenvalue weighted by molar-refractivity contribution is 0.545. The molecule has 0 fully saturated rings. The lowest BCUT2D eigenvalue weighted by Crippen LogP contribution is -2.26. The molecule has 0 aliphatic carbocycles. The van der Waals surface area contributed by atoms with E-state index in [1.165, 1.54) is 6.08 Å². The largest absolute Gasteiger partial charge is 0.236 e. The first-order valence-corrected chi connectivity index (χ1v) is 3.76. The number of nitrogens with zero attached hydrogens (tertiary/aromatic N) is 1. The van der Waals surface area contributed by atoms with Crippen molar-refractivity contribution in [3.8, 4) is 0 Å². The average molecular weight is 182 g/mol. The van der Waals surface area contributed by atoms with Gasteiger partial charge in [0.15, 0.2) is 5.50 Å². The Kier molecular flexibility index (Phi) is 3.95. The van der Waals surface area contributed by atoms with Gasteiger partial charge in [0.25, 0.3) is 0 Å². The number of hydrogen-bond donors (Lipinski definition) is 0. The third-order valence-corrected chi connectivity index (χ3v) is 2.52. The molecule has 0 bridgehead atoms. The summed E-state index contributed by atoms with van der Waals surface area (Å²) in [6.07, 6.45) is 2.03. The molecule has 0 aromatic heterocycles. The molecule has 0 aliphatic rings. The van der Waals surface area contributed by atoms with Gasteiger partial charge in [0.1, 0.15) is 0 Å². The number of halogens is 2. The molecule has 10 heavy (non-hydrogen) atoms. The SMILES string of the molecule is CCC(C)(Cl)C(Cl)N=C=O. The maximum Gasteiger partial charge on any atom is 0.236 e. The molecule has 58 valence electrons. The van der Waals surface area contributed by atoms with Gasteiger partial charge in [-0.1, -0.05) is 18.5 Å². The van der Waals surface area contributed by atoms with Crippen molar-refractivity contribution in [1.29, 1.82) is 0 Å². The second-order valence-electron chi connectivity index (χ2n) is 2.19. The fourth-order valence-corrected chi connectivity index (χ4v) is 0.592. The van der Waals surface area contributed by atoms with Gasteiger partial charge >= 0.3 is 0 Å². The first kappa shape index (κ1) is 9.96. The Morgan fingerprint density at radius 1 is 1.80 bits per heavy atom. The van der Waals surface area contributed by atoms with Crippen molar-refractivity contribution < 1.29 is 4.79 Å². The van der Waals surface area contributed by atoms with Crippen LogP contribution in [0.3, 0.4) is 0 Å². The third kappa shape index (κ3) is 2.70. The van der Waals surface area contributed by atoms with Gasteiger partial charge in [0.2, 0.25) is 6.08 Å². The Labute approximate surface area is 70.2 Å². The zero-order valence-electron chi connectivity index (χ0n) is 5.90. The zero-order chi connectivity index (χ0) is 8.20. The molecule has 0 aliphatic heterocycles. The van der Waals surface area contributed by atoms with Gasteiger partial charge in [-0.2, -0.15) is 4.99 Å². The summed E-state index contributed by atoms with van der Waals surface area (Å²) in [5.74, 6) is 0. The van der Waals surface area contributed by atoms with Crippen molar-refractivity contribution >= 4 is 29.3 Å². The molecule has 0 amide bonds. The summed E-state index contributed by atoms with van der Waals surface area (Å²) in [6, 6.07) is 0. The fourth-order valence-electron chi connectivity index (χ4n) is 0.349. The first-order chi connectivity index (χ1) is 4.54. The van der Waals surface area contributed by atoms with Crippen molar-refractivity contribution in [2.45, 2.75) is 30.6 Å². The highest BCUT2D eigenvalue weighted by Gasteiger charge is 2.28. The second-order valence-corrected chi connectivity index (χ2v) is 3.46. The molecule has 2 nitrogen and oxygen atoms in total. The predicted molar refractivity (Wildman–Crippen MR) is 42.3 cm³/mol. The minimum absolute atomic E-state index is 0.640. The van der Waals surface area contributed by atoms with Crippen LogP contribution in [0.2, 0.25) is 0 Å². The topological polar surface area (TPSA) is 29.4 Å². The second kappa shape index (κ2) is 3.97. The van der Waals surface area contributed by atoms with Crippen molar-refractivity contribution in [2.24, 2.45) is 4.99 Å². The van der Waals surface area contributed by atoms with Gasteiger partial charge < -0.3 is 0 Å². The van der Waals surface area contributed by atoms with Crippen molar-refractivity contribution in [3.05, 3.63) is 0 Å². The highest BCUT2D eigenvalue weighted by molar-refractivity contribution is 6.32. The number of aliphatic imine (C=N–C) groups is 1. The van der Waals surface area contributed by atoms with Gasteiger partial charge in [-0.15, -0.1) is 11.6 Å². The van der Waals surface area contributed by atoms with E-state index in [1.54, 1.807) is 6.92 Å². The van der Waals surface area contributed by atoms with Crippen molar-refractivity contribution in [2.75, 3.05) is 0 Å². The Bertz CT molecular complexity index is 152. The standard InChI is InChI=1S/C6H9Cl2NO/c1-3-6(2,8)5(7)9-4-10/h5H,3H2,1-2H3. The van der Waals surface area contributed by atoms with Gasteiger partial charge in [-0.25, -0.2) is 4.79 Å². The molecular weight excluding hydrogens is 173 g/mol. The molecule has 0 saturated carbocycles. The van der Waals surface area contributed by atoms with Crippen LogP contribution in [0.15, 0.2) is 4.99 Å². The van der Waals surface area contributed by atoms with Crippen LogP contribution in [0.5, 0.6) is 0 Å². The number of isocyanates is 1. The van der Waals surface area contributed by atoms with Gasteiger partial charge in [-0.3, -0.25) is 0 Å². The molecule has 0 spiro atoms. The molecule has 0 rings (SSSR count). The summed E-state index contributed by atoms with van der Waals surface area (Å²) in [6.45, 7) is 3.61. The maximum absolute atomic E-state index is 9.74. The summed E-state index contributed by atoms with van der Waals surface area (Å²) in [7, 11) is 0. The van der Waals surface area contributed by atoms with E-state index in [0.29, 0.717) is 6.42 Å². The van der Waals surface area contributed by atoms with E-state index in [4.69, 9.17) is 23.2 Å². The van der Waals surface area contributed by atoms with Gasteiger partial charge in [-0.05, 0) is 13.3 Å². The van der Waals surface area contributed by atoms with E-state index in [-0.39, 0.29) is 0 Å². The predicted octanol–water partition coefficient (Wildman–Crippen LogP) is 2.29. The maximum atomic E-state index is 9.74. The summed E-state index contributed by atoms with van der Waals surface area (Å²) >= 11 is 11.5. The van der Waals surface area contributed by atoms with Crippen molar-refractivity contribution in [3.63, 3.8) is 0 Å².